The minimum Gasteiger partial charge on any atom is -0.379 e. The Bertz CT molecular complexity index is 420. The summed E-state index contributed by atoms with van der Waals surface area (Å²) in [5.74, 6) is -7.79. The Morgan fingerprint density at radius 2 is 1.31 bits per heavy atom. The van der Waals surface area contributed by atoms with Gasteiger partial charge in [0.05, 0.1) is 0 Å². The lowest BCUT2D eigenvalue weighted by Crippen LogP contribution is -2.10. The van der Waals surface area contributed by atoms with E-state index < -0.39 is 34.8 Å². The normalized spacial score (nSPS) is 10.0. The fourth-order valence-electron chi connectivity index (χ4n) is 1.02. The first kappa shape index (κ1) is 12.3. The van der Waals surface area contributed by atoms with Crippen LogP contribution in [0.4, 0.5) is 27.6 Å². The lowest BCUT2D eigenvalue weighted by molar-refractivity contribution is 0.381. The minimum absolute atomic E-state index is 0.0884. The molecule has 1 rings (SSSR count). The summed E-state index contributed by atoms with van der Waals surface area (Å²) in [6, 6.07) is 0. The molecule has 6 heteroatoms. The number of anilines is 1. The zero-order valence-electron chi connectivity index (χ0n) is 7.88. The van der Waals surface area contributed by atoms with Crippen LogP contribution in [-0.4, -0.2) is 6.54 Å². The topological polar surface area (TPSA) is 12.0 Å². The summed E-state index contributed by atoms with van der Waals surface area (Å²) in [6.45, 7) is -0.0884. The molecule has 0 saturated carbocycles. The van der Waals surface area contributed by atoms with Crippen LogP contribution in [0.5, 0.6) is 0 Å². The maximum Gasteiger partial charge on any atom is 0.200 e. The quantitative estimate of drug-likeness (QED) is 0.279. The molecule has 16 heavy (non-hydrogen) atoms. The number of nitrogens with one attached hydrogen (secondary N) is 1. The predicted octanol–water partition coefficient (Wildman–Crippen LogP) is 2.82. The van der Waals surface area contributed by atoms with Gasteiger partial charge in [-0.05, 0) is 0 Å². The van der Waals surface area contributed by atoms with E-state index in [1.807, 2.05) is 0 Å². The number of halogens is 5. The van der Waals surface area contributed by atoms with Gasteiger partial charge in [-0.3, -0.25) is 0 Å². The second-order valence-corrected chi connectivity index (χ2v) is 2.83. The fourth-order valence-corrected chi connectivity index (χ4v) is 1.02. The van der Waals surface area contributed by atoms with Crippen molar-refractivity contribution >= 4 is 5.69 Å². The number of rotatable bonds is 3. The number of hydrogen-bond acceptors (Lipinski definition) is 1. The summed E-state index contributed by atoms with van der Waals surface area (Å²) < 4.78 is 63.9. The average Bonchev–Trinajstić information content (AvgIpc) is 2.28. The van der Waals surface area contributed by atoms with Crippen LogP contribution >= 0.6 is 0 Å². The SMILES string of the molecule is C#CCCNc1c(F)c(F)c(F)c(F)c1F. The van der Waals surface area contributed by atoms with Gasteiger partial charge in [-0.2, -0.15) is 0 Å². The monoisotopic (exact) mass is 235 g/mol. The van der Waals surface area contributed by atoms with Crippen LogP contribution < -0.4 is 5.32 Å². The number of benzene rings is 1. The lowest BCUT2D eigenvalue weighted by Gasteiger charge is -2.09. The summed E-state index contributed by atoms with van der Waals surface area (Å²) in [7, 11) is 0. The molecule has 0 saturated heterocycles. The van der Waals surface area contributed by atoms with E-state index in [0.29, 0.717) is 0 Å². The molecule has 0 fully saturated rings. The molecule has 86 valence electrons. The number of terminal acetylenes is 1. The van der Waals surface area contributed by atoms with Crippen molar-refractivity contribution in [3.8, 4) is 12.3 Å². The van der Waals surface area contributed by atoms with Gasteiger partial charge in [-0.15, -0.1) is 12.3 Å². The molecule has 1 aromatic carbocycles. The molecule has 1 N–H and O–H groups in total. The minimum atomic E-state index is -2.18. The molecule has 0 heterocycles. The van der Waals surface area contributed by atoms with Crippen LogP contribution in [0.3, 0.4) is 0 Å². The van der Waals surface area contributed by atoms with Crippen molar-refractivity contribution in [1.82, 2.24) is 0 Å². The average molecular weight is 235 g/mol. The second-order valence-electron chi connectivity index (χ2n) is 2.83. The van der Waals surface area contributed by atoms with Crippen molar-refractivity contribution in [3.05, 3.63) is 29.1 Å². The van der Waals surface area contributed by atoms with Gasteiger partial charge in [0, 0.05) is 13.0 Å². The predicted molar refractivity (Wildman–Crippen MR) is 48.2 cm³/mol. The van der Waals surface area contributed by atoms with Crippen molar-refractivity contribution in [2.24, 2.45) is 0 Å². The van der Waals surface area contributed by atoms with Gasteiger partial charge in [0.15, 0.2) is 23.3 Å². The highest BCUT2D eigenvalue weighted by molar-refractivity contribution is 5.47. The molecule has 0 radical (unpaired) electrons. The van der Waals surface area contributed by atoms with E-state index in [-0.39, 0.29) is 13.0 Å². The highest BCUT2D eigenvalue weighted by Crippen LogP contribution is 2.26. The van der Waals surface area contributed by atoms with Crippen LogP contribution in [0.15, 0.2) is 0 Å². The van der Waals surface area contributed by atoms with E-state index >= 15 is 0 Å². The Balaban J connectivity index is 3.14. The lowest BCUT2D eigenvalue weighted by atomic mass is 10.2. The standard InChI is InChI=1S/C10H6F5N/c1-2-3-4-16-10-8(14)6(12)5(11)7(13)9(10)15/h1,16H,3-4H2. The van der Waals surface area contributed by atoms with Gasteiger partial charge in [-0.1, -0.05) is 0 Å². The van der Waals surface area contributed by atoms with E-state index in [2.05, 4.69) is 11.2 Å². The molecule has 0 aliphatic rings. The van der Waals surface area contributed by atoms with E-state index in [1.54, 1.807) is 0 Å². The number of hydrogen-bond donors (Lipinski definition) is 1. The first-order valence-electron chi connectivity index (χ1n) is 4.19. The molecule has 0 spiro atoms. The van der Waals surface area contributed by atoms with Gasteiger partial charge in [0.1, 0.15) is 5.69 Å². The zero-order chi connectivity index (χ0) is 12.3. The molecule has 1 aromatic rings. The van der Waals surface area contributed by atoms with Crippen LogP contribution in [0.2, 0.25) is 0 Å². The molecule has 0 amide bonds. The fraction of sp³-hybridized carbons (Fsp3) is 0.200. The van der Waals surface area contributed by atoms with Crippen molar-refractivity contribution < 1.29 is 22.0 Å². The van der Waals surface area contributed by atoms with Gasteiger partial charge >= 0.3 is 0 Å². The molecule has 1 nitrogen and oxygen atoms in total. The smallest absolute Gasteiger partial charge is 0.200 e. The Morgan fingerprint density at radius 1 is 0.875 bits per heavy atom. The molecule has 0 unspecified atom stereocenters. The Labute approximate surface area is 88.3 Å². The van der Waals surface area contributed by atoms with Crippen LogP contribution in [0.25, 0.3) is 0 Å². The van der Waals surface area contributed by atoms with Crippen LogP contribution in [0.1, 0.15) is 6.42 Å². The van der Waals surface area contributed by atoms with E-state index in [0.717, 1.165) is 0 Å². The summed E-state index contributed by atoms with van der Waals surface area (Å²) in [5, 5.41) is 2.05. The molecule has 0 aromatic heterocycles. The molecule has 0 atom stereocenters. The maximum absolute atomic E-state index is 13.0. The largest absolute Gasteiger partial charge is 0.379 e. The van der Waals surface area contributed by atoms with Crippen molar-refractivity contribution in [2.45, 2.75) is 6.42 Å². The van der Waals surface area contributed by atoms with E-state index in [4.69, 9.17) is 6.42 Å². The Morgan fingerprint density at radius 3 is 1.75 bits per heavy atom. The molecule has 0 bridgehead atoms. The van der Waals surface area contributed by atoms with E-state index in [9.17, 15) is 22.0 Å². The first-order valence-corrected chi connectivity index (χ1v) is 4.19. The molecule has 0 aliphatic heterocycles. The first-order chi connectivity index (χ1) is 7.50. The van der Waals surface area contributed by atoms with Gasteiger partial charge in [0.2, 0.25) is 5.82 Å². The molecule has 0 aliphatic carbocycles. The van der Waals surface area contributed by atoms with Crippen LogP contribution in [-0.2, 0) is 0 Å². The van der Waals surface area contributed by atoms with E-state index in [1.165, 1.54) is 0 Å². The third kappa shape index (κ3) is 2.08. The van der Waals surface area contributed by atoms with Crippen LogP contribution in [0, 0.1) is 41.4 Å². The molecular weight excluding hydrogens is 229 g/mol. The highest BCUT2D eigenvalue weighted by Gasteiger charge is 2.25. The van der Waals surface area contributed by atoms with Gasteiger partial charge in [-0.25, -0.2) is 22.0 Å². The molecular formula is C10H6F5N. The third-order valence-electron chi connectivity index (χ3n) is 1.78. The Hall–Kier alpha value is -1.77. The van der Waals surface area contributed by atoms with Gasteiger partial charge < -0.3 is 5.32 Å². The second kappa shape index (κ2) is 4.84. The van der Waals surface area contributed by atoms with Crippen molar-refractivity contribution in [1.29, 1.82) is 0 Å². The summed E-state index contributed by atoms with van der Waals surface area (Å²) in [6.07, 6.45) is 4.96. The summed E-state index contributed by atoms with van der Waals surface area (Å²) in [4.78, 5) is 0. The maximum atomic E-state index is 13.0. The third-order valence-corrected chi connectivity index (χ3v) is 1.78. The zero-order valence-corrected chi connectivity index (χ0v) is 7.88. The summed E-state index contributed by atoms with van der Waals surface area (Å²) in [5.41, 5.74) is -1.06. The Kier molecular flexibility index (Phi) is 3.72. The van der Waals surface area contributed by atoms with Gasteiger partial charge in [0.25, 0.3) is 0 Å². The van der Waals surface area contributed by atoms with Crippen molar-refractivity contribution in [2.75, 3.05) is 11.9 Å². The van der Waals surface area contributed by atoms with Crippen molar-refractivity contribution in [3.63, 3.8) is 0 Å². The highest BCUT2D eigenvalue weighted by atomic mass is 19.2. The summed E-state index contributed by atoms with van der Waals surface area (Å²) >= 11 is 0.